The molecule has 1 aliphatic rings. The Hall–Kier alpha value is 0.608. The predicted octanol–water partition coefficient (Wildman–Crippen LogP) is 0.213. The van der Waals surface area contributed by atoms with Crippen LogP contribution in [0.5, 0.6) is 0 Å². The average molecular weight is 309 g/mol. The summed E-state index contributed by atoms with van der Waals surface area (Å²) in [5.74, 6) is 0. The summed E-state index contributed by atoms with van der Waals surface area (Å²) in [6, 6.07) is 0.562. The van der Waals surface area contributed by atoms with Gasteiger partial charge in [-0.25, -0.2) is 0 Å². The summed E-state index contributed by atoms with van der Waals surface area (Å²) >= 11 is 0. The third kappa shape index (κ3) is 2.79. The van der Waals surface area contributed by atoms with E-state index in [1.807, 2.05) is 0 Å². The van der Waals surface area contributed by atoms with E-state index in [1.165, 1.54) is 12.8 Å². The SMILES string of the molecule is N[C@@H]1CCCC[C@H]1N.[Pt+4]. The van der Waals surface area contributed by atoms with Gasteiger partial charge in [-0.1, -0.05) is 12.8 Å². The summed E-state index contributed by atoms with van der Waals surface area (Å²) in [4.78, 5) is 0. The van der Waals surface area contributed by atoms with Crippen LogP contribution in [-0.2, 0) is 21.1 Å². The van der Waals surface area contributed by atoms with Gasteiger partial charge in [-0.2, -0.15) is 0 Å². The van der Waals surface area contributed by atoms with E-state index in [0.29, 0.717) is 0 Å². The smallest absolute Gasteiger partial charge is 0.326 e. The van der Waals surface area contributed by atoms with E-state index in [-0.39, 0.29) is 33.1 Å². The maximum Gasteiger partial charge on any atom is 4.00 e. The van der Waals surface area contributed by atoms with Crippen molar-refractivity contribution in [2.75, 3.05) is 0 Å². The van der Waals surface area contributed by atoms with E-state index >= 15 is 0 Å². The van der Waals surface area contributed by atoms with Crippen LogP contribution in [0.2, 0.25) is 0 Å². The molecular formula is C6H14N2Pt+4. The van der Waals surface area contributed by atoms with Gasteiger partial charge in [0.25, 0.3) is 0 Å². The second kappa shape index (κ2) is 4.43. The van der Waals surface area contributed by atoms with Crippen molar-refractivity contribution in [1.29, 1.82) is 0 Å². The van der Waals surface area contributed by atoms with Crippen LogP contribution >= 0.6 is 0 Å². The van der Waals surface area contributed by atoms with Crippen LogP contribution < -0.4 is 11.5 Å². The molecule has 0 aliphatic heterocycles. The van der Waals surface area contributed by atoms with Gasteiger partial charge in [0.05, 0.1) is 0 Å². The number of nitrogens with two attached hydrogens (primary N) is 2. The van der Waals surface area contributed by atoms with Gasteiger partial charge in [0.2, 0.25) is 0 Å². The van der Waals surface area contributed by atoms with Gasteiger partial charge in [-0.3, -0.25) is 0 Å². The monoisotopic (exact) mass is 309 g/mol. The zero-order valence-corrected chi connectivity index (χ0v) is 7.73. The first-order chi connectivity index (χ1) is 3.80. The number of rotatable bonds is 0. The number of hydrogen-bond acceptors (Lipinski definition) is 2. The molecule has 54 valence electrons. The van der Waals surface area contributed by atoms with Crippen molar-refractivity contribution in [3.05, 3.63) is 0 Å². The molecule has 3 heteroatoms. The predicted molar refractivity (Wildman–Crippen MR) is 34.4 cm³/mol. The Labute approximate surface area is 70.6 Å². The minimum atomic E-state index is 0. The van der Waals surface area contributed by atoms with Crippen molar-refractivity contribution in [2.24, 2.45) is 11.5 Å². The first-order valence-electron chi connectivity index (χ1n) is 3.32. The molecule has 0 amide bonds. The molecule has 0 aromatic heterocycles. The quantitative estimate of drug-likeness (QED) is 0.672. The fourth-order valence-corrected chi connectivity index (χ4v) is 1.19. The summed E-state index contributed by atoms with van der Waals surface area (Å²) in [6.45, 7) is 0. The summed E-state index contributed by atoms with van der Waals surface area (Å²) in [7, 11) is 0. The van der Waals surface area contributed by atoms with E-state index < -0.39 is 0 Å². The van der Waals surface area contributed by atoms with Crippen LogP contribution in [0.4, 0.5) is 0 Å². The molecule has 4 N–H and O–H groups in total. The minimum Gasteiger partial charge on any atom is -0.326 e. The third-order valence-electron chi connectivity index (χ3n) is 1.87. The summed E-state index contributed by atoms with van der Waals surface area (Å²) in [6.07, 6.45) is 4.80. The van der Waals surface area contributed by atoms with Gasteiger partial charge in [0, 0.05) is 12.1 Å². The second-order valence-corrected chi connectivity index (χ2v) is 2.61. The van der Waals surface area contributed by atoms with E-state index in [1.54, 1.807) is 0 Å². The fraction of sp³-hybridized carbons (Fsp3) is 1.00. The molecule has 0 aromatic rings. The average Bonchev–Trinajstić information content (AvgIpc) is 1.77. The van der Waals surface area contributed by atoms with Crippen LogP contribution in [-0.4, -0.2) is 12.1 Å². The maximum absolute atomic E-state index is 5.65. The summed E-state index contributed by atoms with van der Waals surface area (Å²) < 4.78 is 0. The van der Waals surface area contributed by atoms with Crippen molar-refractivity contribution in [3.8, 4) is 0 Å². The van der Waals surface area contributed by atoms with Crippen molar-refractivity contribution in [3.63, 3.8) is 0 Å². The fourth-order valence-electron chi connectivity index (χ4n) is 1.19. The van der Waals surface area contributed by atoms with Gasteiger partial charge in [-0.05, 0) is 12.8 Å². The second-order valence-electron chi connectivity index (χ2n) is 2.61. The minimum absolute atomic E-state index is 0. The Bertz CT molecular complexity index is 67.5. The van der Waals surface area contributed by atoms with Crippen LogP contribution in [0.3, 0.4) is 0 Å². The standard InChI is InChI=1S/C6H14N2.Pt/c7-5-3-1-2-4-6(5)8;/h5-6H,1-4,7-8H2;/q;+4/t5-,6-;/m1./s1. The van der Waals surface area contributed by atoms with Crippen molar-refractivity contribution in [2.45, 2.75) is 37.8 Å². The van der Waals surface area contributed by atoms with Gasteiger partial charge < -0.3 is 11.5 Å². The Kier molecular flexibility index (Phi) is 4.73. The number of hydrogen-bond donors (Lipinski definition) is 2. The largest absolute Gasteiger partial charge is 4.00 e. The summed E-state index contributed by atoms with van der Waals surface area (Å²) in [5.41, 5.74) is 11.3. The molecule has 0 radical (unpaired) electrons. The van der Waals surface area contributed by atoms with E-state index in [0.717, 1.165) is 12.8 Å². The van der Waals surface area contributed by atoms with E-state index in [4.69, 9.17) is 11.5 Å². The molecule has 2 nitrogen and oxygen atoms in total. The van der Waals surface area contributed by atoms with Gasteiger partial charge >= 0.3 is 21.1 Å². The van der Waals surface area contributed by atoms with Crippen molar-refractivity contribution >= 4 is 0 Å². The molecule has 1 saturated carbocycles. The van der Waals surface area contributed by atoms with Crippen molar-refractivity contribution in [1.82, 2.24) is 0 Å². The molecule has 1 rings (SSSR count). The molecule has 0 heterocycles. The summed E-state index contributed by atoms with van der Waals surface area (Å²) in [5, 5.41) is 0. The van der Waals surface area contributed by atoms with Crippen LogP contribution in [0.15, 0.2) is 0 Å². The molecule has 0 unspecified atom stereocenters. The van der Waals surface area contributed by atoms with Crippen LogP contribution in [0.1, 0.15) is 25.7 Å². The Morgan fingerprint density at radius 2 is 1.22 bits per heavy atom. The molecule has 0 bridgehead atoms. The Morgan fingerprint density at radius 3 is 1.44 bits per heavy atom. The molecule has 0 spiro atoms. The molecule has 9 heavy (non-hydrogen) atoms. The van der Waals surface area contributed by atoms with Gasteiger partial charge in [0.15, 0.2) is 0 Å². The van der Waals surface area contributed by atoms with E-state index in [2.05, 4.69) is 0 Å². The molecule has 0 saturated heterocycles. The maximum atomic E-state index is 5.65. The molecule has 0 aromatic carbocycles. The molecular weight excluding hydrogens is 295 g/mol. The normalized spacial score (nSPS) is 35.3. The zero-order chi connectivity index (χ0) is 5.98. The first kappa shape index (κ1) is 9.61. The Balaban J connectivity index is 0.000000640. The van der Waals surface area contributed by atoms with Crippen LogP contribution in [0.25, 0.3) is 0 Å². The Morgan fingerprint density at radius 1 is 0.889 bits per heavy atom. The molecule has 1 aliphatic carbocycles. The van der Waals surface area contributed by atoms with Crippen molar-refractivity contribution < 1.29 is 21.1 Å². The molecule has 1 fully saturated rings. The van der Waals surface area contributed by atoms with Gasteiger partial charge in [0.1, 0.15) is 0 Å². The van der Waals surface area contributed by atoms with E-state index in [9.17, 15) is 0 Å². The first-order valence-corrected chi connectivity index (χ1v) is 3.32. The third-order valence-corrected chi connectivity index (χ3v) is 1.87. The van der Waals surface area contributed by atoms with Gasteiger partial charge in [-0.15, -0.1) is 0 Å². The molecule has 2 atom stereocenters. The zero-order valence-electron chi connectivity index (χ0n) is 5.45. The van der Waals surface area contributed by atoms with Crippen LogP contribution in [0, 0.1) is 0 Å². The topological polar surface area (TPSA) is 52.0 Å².